The van der Waals surface area contributed by atoms with E-state index in [1.165, 1.54) is 12.0 Å². The van der Waals surface area contributed by atoms with Gasteiger partial charge in [0, 0.05) is 18.1 Å². The predicted molar refractivity (Wildman–Crippen MR) is 67.2 cm³/mol. The maximum Gasteiger partial charge on any atom is 0.0406 e. The maximum atomic E-state index is 5.82. The van der Waals surface area contributed by atoms with Gasteiger partial charge in [-0.2, -0.15) is 0 Å². The smallest absolute Gasteiger partial charge is 0.0406 e. The van der Waals surface area contributed by atoms with E-state index in [1.807, 2.05) is 12.1 Å². The van der Waals surface area contributed by atoms with Crippen LogP contribution in [0.4, 0.5) is 0 Å². The molecule has 0 heterocycles. The topological polar surface area (TPSA) is 12.0 Å². The largest absolute Gasteiger partial charge is 0.312 e. The number of benzene rings is 1. The van der Waals surface area contributed by atoms with Gasteiger partial charge in [0.25, 0.3) is 0 Å². The number of halogens is 1. The van der Waals surface area contributed by atoms with Gasteiger partial charge >= 0.3 is 0 Å². The second-order valence-corrected chi connectivity index (χ2v) is 5.18. The molecule has 0 unspecified atom stereocenters. The minimum Gasteiger partial charge on any atom is -0.312 e. The number of hydrogen-bond acceptors (Lipinski definition) is 1. The summed E-state index contributed by atoms with van der Waals surface area (Å²) in [5.41, 5.74) is 1.66. The molecule has 1 aromatic carbocycles. The van der Waals surface area contributed by atoms with Crippen molar-refractivity contribution in [3.05, 3.63) is 34.9 Å². The average Bonchev–Trinajstić information content (AvgIpc) is 2.21. The van der Waals surface area contributed by atoms with Crippen LogP contribution in [0.1, 0.15) is 32.8 Å². The highest BCUT2D eigenvalue weighted by atomic mass is 35.5. The van der Waals surface area contributed by atoms with Crippen LogP contribution in [0.3, 0.4) is 0 Å². The Kier molecular flexibility index (Phi) is 4.62. The van der Waals surface area contributed by atoms with Crippen LogP contribution < -0.4 is 5.32 Å². The van der Waals surface area contributed by atoms with Crippen LogP contribution in [-0.2, 0) is 6.54 Å². The molecule has 0 spiro atoms. The van der Waals surface area contributed by atoms with Crippen molar-refractivity contribution >= 4 is 11.6 Å². The van der Waals surface area contributed by atoms with E-state index in [2.05, 4.69) is 38.2 Å². The Hall–Kier alpha value is -0.530. The molecule has 84 valence electrons. The Morgan fingerprint density at radius 1 is 1.20 bits per heavy atom. The van der Waals surface area contributed by atoms with Crippen molar-refractivity contribution in [1.82, 2.24) is 5.32 Å². The quantitative estimate of drug-likeness (QED) is 0.803. The zero-order valence-electron chi connectivity index (χ0n) is 9.81. The molecule has 1 nitrogen and oxygen atoms in total. The first-order chi connectivity index (χ1) is 7.03. The highest BCUT2D eigenvalue weighted by Crippen LogP contribution is 2.18. The lowest BCUT2D eigenvalue weighted by Gasteiger charge is -2.22. The summed E-state index contributed by atoms with van der Waals surface area (Å²) in [4.78, 5) is 0. The highest BCUT2D eigenvalue weighted by molar-refractivity contribution is 6.30. The number of hydrogen-bond donors (Lipinski definition) is 1. The lowest BCUT2D eigenvalue weighted by molar-refractivity contribution is 0.327. The van der Waals surface area contributed by atoms with Gasteiger partial charge in [-0.05, 0) is 29.5 Å². The molecule has 0 aliphatic rings. The van der Waals surface area contributed by atoms with Gasteiger partial charge in [-0.1, -0.05) is 44.5 Å². The Labute approximate surface area is 97.8 Å². The van der Waals surface area contributed by atoms with Crippen LogP contribution in [0, 0.1) is 5.41 Å². The standard InChI is InChI=1S/C13H20ClN/c1-4-13(2,3)10-15-9-11-5-7-12(14)8-6-11/h5-8,15H,4,9-10H2,1-3H3. The molecule has 2 heteroatoms. The van der Waals surface area contributed by atoms with E-state index < -0.39 is 0 Å². The normalized spacial score (nSPS) is 11.7. The van der Waals surface area contributed by atoms with Gasteiger partial charge in [0.1, 0.15) is 0 Å². The van der Waals surface area contributed by atoms with Gasteiger partial charge in [0.15, 0.2) is 0 Å². The Balaban J connectivity index is 2.35. The fourth-order valence-electron chi connectivity index (χ4n) is 1.27. The van der Waals surface area contributed by atoms with E-state index in [4.69, 9.17) is 11.6 Å². The van der Waals surface area contributed by atoms with Gasteiger partial charge in [-0.15, -0.1) is 0 Å². The molecule has 0 radical (unpaired) electrons. The molecule has 0 aromatic heterocycles. The Bertz CT molecular complexity index is 290. The molecule has 0 amide bonds. The fraction of sp³-hybridized carbons (Fsp3) is 0.538. The van der Waals surface area contributed by atoms with Gasteiger partial charge in [-0.3, -0.25) is 0 Å². The first-order valence-corrected chi connectivity index (χ1v) is 5.86. The van der Waals surface area contributed by atoms with Crippen molar-refractivity contribution in [3.8, 4) is 0 Å². The minimum absolute atomic E-state index is 0.381. The maximum absolute atomic E-state index is 5.82. The lowest BCUT2D eigenvalue weighted by Crippen LogP contribution is -2.28. The van der Waals surface area contributed by atoms with Crippen LogP contribution >= 0.6 is 11.6 Å². The monoisotopic (exact) mass is 225 g/mol. The molecule has 0 fully saturated rings. The molecule has 0 bridgehead atoms. The Morgan fingerprint density at radius 3 is 2.33 bits per heavy atom. The molecular formula is C13H20ClN. The lowest BCUT2D eigenvalue weighted by atomic mass is 9.90. The first-order valence-electron chi connectivity index (χ1n) is 5.49. The summed E-state index contributed by atoms with van der Waals surface area (Å²) in [5.74, 6) is 0. The van der Waals surface area contributed by atoms with Crippen molar-refractivity contribution in [1.29, 1.82) is 0 Å². The van der Waals surface area contributed by atoms with Crippen molar-refractivity contribution in [2.45, 2.75) is 33.7 Å². The molecule has 0 saturated carbocycles. The second-order valence-electron chi connectivity index (χ2n) is 4.75. The summed E-state index contributed by atoms with van der Waals surface area (Å²) >= 11 is 5.82. The molecule has 0 aliphatic heterocycles. The van der Waals surface area contributed by atoms with E-state index in [-0.39, 0.29) is 0 Å². The molecule has 1 rings (SSSR count). The summed E-state index contributed by atoms with van der Waals surface area (Å²) in [6.07, 6.45) is 1.20. The average molecular weight is 226 g/mol. The fourth-order valence-corrected chi connectivity index (χ4v) is 1.40. The van der Waals surface area contributed by atoms with Crippen LogP contribution in [-0.4, -0.2) is 6.54 Å². The molecule has 1 aromatic rings. The zero-order chi connectivity index (χ0) is 11.3. The van der Waals surface area contributed by atoms with Gasteiger partial charge in [0.2, 0.25) is 0 Å². The minimum atomic E-state index is 0.381. The molecule has 0 atom stereocenters. The van der Waals surface area contributed by atoms with Crippen LogP contribution in [0.2, 0.25) is 5.02 Å². The van der Waals surface area contributed by atoms with Gasteiger partial charge in [0.05, 0.1) is 0 Å². The zero-order valence-corrected chi connectivity index (χ0v) is 10.6. The molecule has 15 heavy (non-hydrogen) atoms. The first kappa shape index (κ1) is 12.5. The predicted octanol–water partition coefficient (Wildman–Crippen LogP) is 3.87. The van der Waals surface area contributed by atoms with E-state index in [1.54, 1.807) is 0 Å². The summed E-state index contributed by atoms with van der Waals surface area (Å²) in [5, 5.41) is 4.27. The van der Waals surface area contributed by atoms with Gasteiger partial charge in [-0.25, -0.2) is 0 Å². The Morgan fingerprint density at radius 2 is 1.80 bits per heavy atom. The van der Waals surface area contributed by atoms with Crippen LogP contribution in [0.25, 0.3) is 0 Å². The van der Waals surface area contributed by atoms with E-state index in [0.29, 0.717) is 5.41 Å². The molecular weight excluding hydrogens is 206 g/mol. The van der Waals surface area contributed by atoms with Crippen LogP contribution in [0.15, 0.2) is 24.3 Å². The second kappa shape index (κ2) is 5.53. The summed E-state index contributed by atoms with van der Waals surface area (Å²) in [7, 11) is 0. The van der Waals surface area contributed by atoms with E-state index in [0.717, 1.165) is 18.1 Å². The third-order valence-corrected chi connectivity index (χ3v) is 3.06. The summed E-state index contributed by atoms with van der Waals surface area (Å²) in [6.45, 7) is 8.75. The molecule has 0 saturated heterocycles. The third kappa shape index (κ3) is 4.67. The highest BCUT2D eigenvalue weighted by Gasteiger charge is 2.13. The third-order valence-electron chi connectivity index (χ3n) is 2.80. The SMILES string of the molecule is CCC(C)(C)CNCc1ccc(Cl)cc1. The summed E-state index contributed by atoms with van der Waals surface area (Å²) < 4.78 is 0. The molecule has 1 N–H and O–H groups in total. The number of nitrogens with one attached hydrogen (secondary N) is 1. The van der Waals surface area contributed by atoms with Crippen molar-refractivity contribution in [3.63, 3.8) is 0 Å². The van der Waals surface area contributed by atoms with Crippen molar-refractivity contribution in [2.24, 2.45) is 5.41 Å². The van der Waals surface area contributed by atoms with E-state index in [9.17, 15) is 0 Å². The molecule has 0 aliphatic carbocycles. The van der Waals surface area contributed by atoms with E-state index >= 15 is 0 Å². The van der Waals surface area contributed by atoms with Crippen molar-refractivity contribution in [2.75, 3.05) is 6.54 Å². The van der Waals surface area contributed by atoms with Gasteiger partial charge < -0.3 is 5.32 Å². The number of rotatable bonds is 5. The van der Waals surface area contributed by atoms with Crippen LogP contribution in [0.5, 0.6) is 0 Å². The summed E-state index contributed by atoms with van der Waals surface area (Å²) in [6, 6.07) is 8.00. The van der Waals surface area contributed by atoms with Crippen molar-refractivity contribution < 1.29 is 0 Å².